The summed E-state index contributed by atoms with van der Waals surface area (Å²) in [6, 6.07) is 0. The minimum Gasteiger partial charge on any atom is -0.497 e. The maximum Gasteiger partial charge on any atom is 0.104 e. The van der Waals surface area contributed by atoms with Crippen LogP contribution in [0.15, 0.2) is 12.3 Å². The van der Waals surface area contributed by atoms with Gasteiger partial charge in [-0.3, -0.25) is 0 Å². The van der Waals surface area contributed by atoms with Gasteiger partial charge >= 0.3 is 0 Å². The Morgan fingerprint density at radius 3 is 1.63 bits per heavy atom. The fourth-order valence-electron chi connectivity index (χ4n) is 2.20. The molecule has 0 amide bonds. The number of ether oxygens (including phenoxy) is 1. The predicted octanol–water partition coefficient (Wildman–Crippen LogP) is 6.46. The number of alkyl halides is 1. The van der Waals surface area contributed by atoms with Gasteiger partial charge in [-0.1, -0.05) is 84.1 Å². The molecule has 0 spiro atoms. The van der Waals surface area contributed by atoms with Crippen molar-refractivity contribution >= 4 is 11.6 Å². The molecule has 0 heterocycles. The summed E-state index contributed by atoms with van der Waals surface area (Å²) in [5.74, 6) is 1.11. The molecule has 1 nitrogen and oxygen atoms in total. The van der Waals surface area contributed by atoms with E-state index in [0.29, 0.717) is 11.6 Å². The van der Waals surface area contributed by atoms with Gasteiger partial charge in [0.05, 0.1) is 12.5 Å². The highest BCUT2D eigenvalue weighted by Crippen LogP contribution is 2.12. The lowest BCUT2D eigenvalue weighted by molar-refractivity contribution is 0.209. The molecule has 0 saturated heterocycles. The molecule has 19 heavy (non-hydrogen) atoms. The van der Waals surface area contributed by atoms with Crippen molar-refractivity contribution in [2.45, 2.75) is 84.0 Å². The van der Waals surface area contributed by atoms with E-state index in [1.165, 1.54) is 70.6 Å². The first-order chi connectivity index (χ1) is 9.31. The molecule has 0 aromatic rings. The Morgan fingerprint density at radius 2 is 1.21 bits per heavy atom. The summed E-state index contributed by atoms with van der Waals surface area (Å²) in [7, 11) is 0. The molecule has 0 aromatic heterocycles. The summed E-state index contributed by atoms with van der Waals surface area (Å²) in [6.45, 7) is 6.77. The Bertz CT molecular complexity index is 192. The van der Waals surface area contributed by atoms with Crippen LogP contribution in [0, 0.1) is 0 Å². The third-order valence-electron chi connectivity index (χ3n) is 3.45. The number of halogens is 1. The van der Waals surface area contributed by atoms with E-state index in [2.05, 4.69) is 13.5 Å². The number of allylic oxidation sites excluding steroid dienone is 1. The zero-order valence-electron chi connectivity index (χ0n) is 12.9. The number of hydrogen-bond donors (Lipinski definition) is 0. The highest BCUT2D eigenvalue weighted by molar-refractivity contribution is 6.19. The summed E-state index contributed by atoms with van der Waals surface area (Å²) in [5.41, 5.74) is 0. The highest BCUT2D eigenvalue weighted by atomic mass is 35.5. The lowest BCUT2D eigenvalue weighted by atomic mass is 10.1. The van der Waals surface area contributed by atoms with Crippen LogP contribution in [0.5, 0.6) is 0 Å². The smallest absolute Gasteiger partial charge is 0.104 e. The largest absolute Gasteiger partial charge is 0.497 e. The van der Waals surface area contributed by atoms with Crippen molar-refractivity contribution in [1.29, 1.82) is 0 Å². The number of unbranched alkanes of at least 4 members (excludes halogenated alkanes) is 11. The molecule has 0 aromatic carbocycles. The molecule has 0 rings (SSSR count). The molecule has 0 N–H and O–H groups in total. The summed E-state index contributed by atoms with van der Waals surface area (Å²) in [6.07, 6.45) is 16.5. The van der Waals surface area contributed by atoms with Crippen LogP contribution in [-0.2, 0) is 4.74 Å². The van der Waals surface area contributed by atoms with E-state index in [0.717, 1.165) is 13.0 Å². The number of rotatable bonds is 15. The van der Waals surface area contributed by atoms with E-state index in [9.17, 15) is 0 Å². The first-order valence-electron chi connectivity index (χ1n) is 8.17. The van der Waals surface area contributed by atoms with Gasteiger partial charge in [0.15, 0.2) is 0 Å². The second kappa shape index (κ2) is 15.9. The molecular weight excluding hydrogens is 256 g/mol. The van der Waals surface area contributed by atoms with Gasteiger partial charge in [-0.2, -0.15) is 0 Å². The molecule has 0 unspecified atom stereocenters. The van der Waals surface area contributed by atoms with E-state index in [-0.39, 0.29) is 0 Å². The monoisotopic (exact) mass is 288 g/mol. The van der Waals surface area contributed by atoms with Gasteiger partial charge in [-0.25, -0.2) is 0 Å². The normalized spacial score (nSPS) is 10.6. The minimum absolute atomic E-state index is 0.415. The van der Waals surface area contributed by atoms with Crippen molar-refractivity contribution < 1.29 is 4.74 Å². The molecular formula is C17H33ClO. The SMILES string of the molecule is C=C(CCl)OCCCCCCCCCCCCCC. The third-order valence-corrected chi connectivity index (χ3v) is 3.75. The zero-order chi connectivity index (χ0) is 14.2. The maximum atomic E-state index is 5.58. The summed E-state index contributed by atoms with van der Waals surface area (Å²) >= 11 is 5.58. The highest BCUT2D eigenvalue weighted by Gasteiger charge is 1.95. The quantitative estimate of drug-likeness (QED) is 0.191. The Morgan fingerprint density at radius 1 is 0.789 bits per heavy atom. The van der Waals surface area contributed by atoms with Crippen molar-refractivity contribution in [2.24, 2.45) is 0 Å². The Labute approximate surface area is 125 Å². The van der Waals surface area contributed by atoms with Crippen molar-refractivity contribution in [3.05, 3.63) is 12.3 Å². The standard InChI is InChI=1S/C17H33ClO/c1-3-4-5-6-7-8-9-10-11-12-13-14-15-19-17(2)16-18/h2-16H2,1H3. The van der Waals surface area contributed by atoms with E-state index >= 15 is 0 Å². The van der Waals surface area contributed by atoms with Gasteiger partial charge < -0.3 is 4.74 Å². The second-order valence-electron chi connectivity index (χ2n) is 5.41. The molecule has 0 radical (unpaired) electrons. The van der Waals surface area contributed by atoms with Gasteiger partial charge in [0.1, 0.15) is 5.76 Å². The average Bonchev–Trinajstić information content (AvgIpc) is 2.43. The summed E-state index contributed by atoms with van der Waals surface area (Å²) in [4.78, 5) is 0. The van der Waals surface area contributed by atoms with Crippen LogP contribution >= 0.6 is 11.6 Å². The third kappa shape index (κ3) is 15.8. The number of hydrogen-bond acceptors (Lipinski definition) is 1. The van der Waals surface area contributed by atoms with Crippen LogP contribution < -0.4 is 0 Å². The Kier molecular flexibility index (Phi) is 15.7. The maximum absolute atomic E-state index is 5.58. The van der Waals surface area contributed by atoms with Gasteiger partial charge in [0, 0.05) is 0 Å². The van der Waals surface area contributed by atoms with Crippen molar-refractivity contribution in [2.75, 3.05) is 12.5 Å². The van der Waals surface area contributed by atoms with Crippen LogP contribution in [0.25, 0.3) is 0 Å². The predicted molar refractivity (Wildman–Crippen MR) is 86.9 cm³/mol. The lowest BCUT2D eigenvalue weighted by Gasteiger charge is -2.06. The lowest BCUT2D eigenvalue weighted by Crippen LogP contribution is -1.95. The van der Waals surface area contributed by atoms with E-state index in [4.69, 9.17) is 16.3 Å². The Hall–Kier alpha value is -0.170. The fraction of sp³-hybridized carbons (Fsp3) is 0.882. The van der Waals surface area contributed by atoms with Crippen LogP contribution in [0.3, 0.4) is 0 Å². The molecule has 0 bridgehead atoms. The molecule has 2 heteroatoms. The first-order valence-corrected chi connectivity index (χ1v) is 8.71. The van der Waals surface area contributed by atoms with Gasteiger partial charge in [0.25, 0.3) is 0 Å². The molecule has 114 valence electrons. The van der Waals surface area contributed by atoms with Gasteiger partial charge in [-0.05, 0) is 6.42 Å². The molecule has 0 atom stereocenters. The minimum atomic E-state index is 0.415. The molecule has 0 aliphatic carbocycles. The second-order valence-corrected chi connectivity index (χ2v) is 5.68. The summed E-state index contributed by atoms with van der Waals surface area (Å²) < 4.78 is 5.36. The first kappa shape index (κ1) is 18.8. The summed E-state index contributed by atoms with van der Waals surface area (Å²) in [5, 5.41) is 0. The van der Waals surface area contributed by atoms with E-state index < -0.39 is 0 Å². The zero-order valence-corrected chi connectivity index (χ0v) is 13.6. The van der Waals surface area contributed by atoms with Crippen molar-refractivity contribution in [1.82, 2.24) is 0 Å². The van der Waals surface area contributed by atoms with Crippen LogP contribution in [0.1, 0.15) is 84.0 Å². The topological polar surface area (TPSA) is 9.23 Å². The Balaban J connectivity index is 2.97. The molecule has 0 saturated carbocycles. The van der Waals surface area contributed by atoms with Crippen LogP contribution in [0.4, 0.5) is 0 Å². The fourth-order valence-corrected chi connectivity index (χ4v) is 2.28. The molecule has 0 fully saturated rings. The molecule has 0 aliphatic heterocycles. The molecule has 0 aliphatic rings. The van der Waals surface area contributed by atoms with Crippen molar-refractivity contribution in [3.8, 4) is 0 Å². The van der Waals surface area contributed by atoms with Gasteiger partial charge in [-0.15, -0.1) is 11.6 Å². The average molecular weight is 289 g/mol. The van der Waals surface area contributed by atoms with Crippen LogP contribution in [-0.4, -0.2) is 12.5 Å². The van der Waals surface area contributed by atoms with Gasteiger partial charge in [0.2, 0.25) is 0 Å². The van der Waals surface area contributed by atoms with Crippen molar-refractivity contribution in [3.63, 3.8) is 0 Å². The van der Waals surface area contributed by atoms with E-state index in [1.54, 1.807) is 0 Å². The van der Waals surface area contributed by atoms with Crippen LogP contribution in [0.2, 0.25) is 0 Å². The van der Waals surface area contributed by atoms with E-state index in [1.807, 2.05) is 0 Å².